The van der Waals surface area contributed by atoms with Crippen LogP contribution >= 0.6 is 0 Å². The summed E-state index contributed by atoms with van der Waals surface area (Å²) < 4.78 is 4.88. The molecular formula is C9H17NO4. The smallest absolute Gasteiger partial charge is 0.326 e. The summed E-state index contributed by atoms with van der Waals surface area (Å²) in [4.78, 5) is 22.0. The largest absolute Gasteiger partial charge is 0.480 e. The lowest BCUT2D eigenvalue weighted by molar-refractivity contribution is -0.144. The van der Waals surface area contributed by atoms with Crippen molar-refractivity contribution in [2.24, 2.45) is 0 Å². The Morgan fingerprint density at radius 2 is 1.93 bits per heavy atom. The number of carbonyl (C=O) groups excluding carboxylic acids is 1. The van der Waals surface area contributed by atoms with Crippen LogP contribution in [0.1, 0.15) is 26.7 Å². The van der Waals surface area contributed by atoms with Gasteiger partial charge in [0, 0.05) is 7.11 Å². The molecule has 5 heteroatoms. The second kappa shape index (κ2) is 6.37. The lowest BCUT2D eigenvalue weighted by Crippen LogP contribution is -2.45. The Morgan fingerprint density at radius 3 is 2.21 bits per heavy atom. The van der Waals surface area contributed by atoms with Gasteiger partial charge in [0.15, 0.2) is 0 Å². The monoisotopic (exact) mass is 203 g/mol. The Hall–Kier alpha value is -1.10. The number of methoxy groups -OCH3 is 1. The topological polar surface area (TPSA) is 75.6 Å². The first kappa shape index (κ1) is 12.9. The van der Waals surface area contributed by atoms with Gasteiger partial charge < -0.3 is 15.2 Å². The van der Waals surface area contributed by atoms with Crippen molar-refractivity contribution in [3.63, 3.8) is 0 Å². The zero-order valence-electron chi connectivity index (χ0n) is 8.74. The summed E-state index contributed by atoms with van der Waals surface area (Å²) in [6.45, 7) is 3.50. The Balaban J connectivity index is 4.20. The van der Waals surface area contributed by atoms with Crippen molar-refractivity contribution < 1.29 is 19.4 Å². The molecule has 0 aromatic rings. The molecule has 2 N–H and O–H groups in total. The minimum atomic E-state index is -1.02. The number of hydrogen-bond donors (Lipinski definition) is 2. The summed E-state index contributed by atoms with van der Waals surface area (Å²) in [5.41, 5.74) is 0. The molecule has 0 aliphatic carbocycles. The molecule has 0 aliphatic heterocycles. The molecule has 0 saturated carbocycles. The SMILES string of the molecule is CCC(NC(=O)C(CC)OC)C(=O)O. The highest BCUT2D eigenvalue weighted by Crippen LogP contribution is 1.98. The fraction of sp³-hybridized carbons (Fsp3) is 0.778. The van der Waals surface area contributed by atoms with E-state index in [2.05, 4.69) is 5.32 Å². The van der Waals surface area contributed by atoms with Crippen molar-refractivity contribution in [1.82, 2.24) is 5.32 Å². The molecule has 0 bridgehead atoms. The minimum absolute atomic E-state index is 0.362. The number of carboxylic acids is 1. The highest BCUT2D eigenvalue weighted by Gasteiger charge is 2.22. The van der Waals surface area contributed by atoms with Gasteiger partial charge in [-0.15, -0.1) is 0 Å². The van der Waals surface area contributed by atoms with Crippen LogP contribution in [0.4, 0.5) is 0 Å². The highest BCUT2D eigenvalue weighted by molar-refractivity contribution is 5.86. The number of carbonyl (C=O) groups is 2. The van der Waals surface area contributed by atoms with Gasteiger partial charge in [-0.1, -0.05) is 13.8 Å². The first-order chi connectivity index (χ1) is 6.56. The molecule has 1 amide bonds. The maximum Gasteiger partial charge on any atom is 0.326 e. The van der Waals surface area contributed by atoms with Crippen LogP contribution in [0.15, 0.2) is 0 Å². The first-order valence-corrected chi connectivity index (χ1v) is 4.62. The van der Waals surface area contributed by atoms with Crippen molar-refractivity contribution in [2.45, 2.75) is 38.8 Å². The van der Waals surface area contributed by atoms with E-state index in [1.807, 2.05) is 0 Å². The number of carboxylic acid groups (broad SMARTS) is 1. The van der Waals surface area contributed by atoms with Crippen LogP contribution in [0.25, 0.3) is 0 Å². The molecule has 0 spiro atoms. The van der Waals surface area contributed by atoms with Crippen LogP contribution < -0.4 is 5.32 Å². The van der Waals surface area contributed by atoms with Gasteiger partial charge in [0.05, 0.1) is 0 Å². The van der Waals surface area contributed by atoms with Crippen LogP contribution in [0.2, 0.25) is 0 Å². The molecular weight excluding hydrogens is 186 g/mol. The summed E-state index contributed by atoms with van der Waals surface area (Å²) in [7, 11) is 1.43. The van der Waals surface area contributed by atoms with Gasteiger partial charge in [0.1, 0.15) is 12.1 Å². The van der Waals surface area contributed by atoms with Gasteiger partial charge in [0.2, 0.25) is 5.91 Å². The van der Waals surface area contributed by atoms with Crippen molar-refractivity contribution in [2.75, 3.05) is 7.11 Å². The van der Waals surface area contributed by atoms with Crippen molar-refractivity contribution >= 4 is 11.9 Å². The normalized spacial score (nSPS) is 14.5. The third-order valence-corrected chi connectivity index (χ3v) is 1.97. The van der Waals surface area contributed by atoms with Crippen LogP contribution in [0.5, 0.6) is 0 Å². The Kier molecular flexibility index (Phi) is 5.87. The van der Waals surface area contributed by atoms with Crippen molar-refractivity contribution in [3.8, 4) is 0 Å². The zero-order valence-corrected chi connectivity index (χ0v) is 8.74. The molecule has 14 heavy (non-hydrogen) atoms. The molecule has 0 fully saturated rings. The first-order valence-electron chi connectivity index (χ1n) is 4.62. The molecule has 5 nitrogen and oxygen atoms in total. The summed E-state index contributed by atoms with van der Waals surface area (Å²) >= 11 is 0. The fourth-order valence-electron chi connectivity index (χ4n) is 1.06. The molecule has 0 heterocycles. The quantitative estimate of drug-likeness (QED) is 0.654. The second-order valence-corrected chi connectivity index (χ2v) is 2.94. The number of aliphatic carboxylic acids is 1. The van der Waals surface area contributed by atoms with Crippen molar-refractivity contribution in [3.05, 3.63) is 0 Å². The van der Waals surface area contributed by atoms with Crippen molar-refractivity contribution in [1.29, 1.82) is 0 Å². The molecule has 0 aromatic heterocycles. The van der Waals surface area contributed by atoms with Crippen LogP contribution in [0, 0.1) is 0 Å². The molecule has 82 valence electrons. The molecule has 0 radical (unpaired) electrons. The van der Waals surface area contributed by atoms with Crippen LogP contribution in [-0.2, 0) is 14.3 Å². The fourth-order valence-corrected chi connectivity index (χ4v) is 1.06. The number of ether oxygens (including phenoxy) is 1. The van der Waals surface area contributed by atoms with E-state index < -0.39 is 18.1 Å². The predicted molar refractivity (Wildman–Crippen MR) is 50.9 cm³/mol. The van der Waals surface area contributed by atoms with E-state index in [-0.39, 0.29) is 5.91 Å². The maximum absolute atomic E-state index is 11.4. The van der Waals surface area contributed by atoms with Crippen LogP contribution in [-0.4, -0.2) is 36.2 Å². The third kappa shape index (κ3) is 3.74. The van der Waals surface area contributed by atoms with E-state index in [1.165, 1.54) is 7.11 Å². The third-order valence-electron chi connectivity index (χ3n) is 1.97. The van der Waals surface area contributed by atoms with E-state index in [9.17, 15) is 9.59 Å². The van der Waals surface area contributed by atoms with E-state index in [4.69, 9.17) is 9.84 Å². The highest BCUT2D eigenvalue weighted by atomic mass is 16.5. The lowest BCUT2D eigenvalue weighted by Gasteiger charge is -2.17. The van der Waals surface area contributed by atoms with Crippen LogP contribution in [0.3, 0.4) is 0 Å². The van der Waals surface area contributed by atoms with Gasteiger partial charge in [-0.3, -0.25) is 4.79 Å². The van der Waals surface area contributed by atoms with Gasteiger partial charge in [-0.25, -0.2) is 4.79 Å². The maximum atomic E-state index is 11.4. The summed E-state index contributed by atoms with van der Waals surface area (Å²) in [6, 6.07) is -0.827. The number of nitrogens with one attached hydrogen (secondary N) is 1. The van der Waals surface area contributed by atoms with Gasteiger partial charge in [0.25, 0.3) is 0 Å². The Bertz CT molecular complexity index is 201. The van der Waals surface area contributed by atoms with Gasteiger partial charge in [-0.05, 0) is 12.8 Å². The standard InChI is InChI=1S/C9H17NO4/c1-4-6(9(12)13)10-8(11)7(5-2)14-3/h6-7H,4-5H2,1-3H3,(H,10,11)(H,12,13). The molecule has 0 rings (SSSR count). The molecule has 0 aromatic carbocycles. The second-order valence-electron chi connectivity index (χ2n) is 2.94. The Labute approximate surface area is 83.4 Å². The summed E-state index contributed by atoms with van der Waals surface area (Å²) in [5.74, 6) is -1.39. The molecule has 0 aliphatic rings. The average molecular weight is 203 g/mol. The van der Waals surface area contributed by atoms with E-state index in [0.29, 0.717) is 12.8 Å². The lowest BCUT2D eigenvalue weighted by atomic mass is 10.2. The molecule has 0 saturated heterocycles. The van der Waals surface area contributed by atoms with Gasteiger partial charge in [-0.2, -0.15) is 0 Å². The predicted octanol–water partition coefficient (Wildman–Crippen LogP) is 0.391. The molecule has 2 unspecified atom stereocenters. The summed E-state index contributed by atoms with van der Waals surface area (Å²) in [5, 5.41) is 11.1. The number of hydrogen-bond acceptors (Lipinski definition) is 3. The number of amides is 1. The Morgan fingerprint density at radius 1 is 1.36 bits per heavy atom. The van der Waals surface area contributed by atoms with E-state index in [1.54, 1.807) is 13.8 Å². The van der Waals surface area contributed by atoms with Gasteiger partial charge >= 0.3 is 5.97 Å². The van der Waals surface area contributed by atoms with E-state index >= 15 is 0 Å². The summed E-state index contributed by atoms with van der Waals surface area (Å²) in [6.07, 6.45) is 0.322. The molecule has 2 atom stereocenters. The van der Waals surface area contributed by atoms with E-state index in [0.717, 1.165) is 0 Å². The number of rotatable bonds is 6. The average Bonchev–Trinajstić information content (AvgIpc) is 2.15. The minimum Gasteiger partial charge on any atom is -0.480 e. The zero-order chi connectivity index (χ0) is 11.1.